The SMILES string of the molecule is CC[C@@H](C)c1ccc(NC(=O)CSc2nc(C)nc3sc(C)c(C)c23)cc1. The number of aryl methyl sites for hydroxylation is 3. The van der Waals surface area contributed by atoms with Crippen molar-refractivity contribution >= 4 is 44.9 Å². The van der Waals surface area contributed by atoms with Crippen LogP contribution in [0.15, 0.2) is 29.3 Å². The zero-order valence-electron chi connectivity index (χ0n) is 16.4. The highest BCUT2D eigenvalue weighted by molar-refractivity contribution is 8.00. The maximum Gasteiger partial charge on any atom is 0.234 e. The summed E-state index contributed by atoms with van der Waals surface area (Å²) in [6.45, 7) is 10.5. The number of benzene rings is 1. The Bertz CT molecular complexity index is 964. The van der Waals surface area contributed by atoms with Gasteiger partial charge in [-0.2, -0.15) is 0 Å². The van der Waals surface area contributed by atoms with Gasteiger partial charge in [0.1, 0.15) is 15.7 Å². The Morgan fingerprint density at radius 1 is 1.19 bits per heavy atom. The van der Waals surface area contributed by atoms with E-state index in [1.54, 1.807) is 11.3 Å². The standard InChI is InChI=1S/C21H25N3OS2/c1-6-12(2)16-7-9-17(10-8-16)24-18(25)11-26-20-19-13(3)14(4)27-21(19)23-15(5)22-20/h7-10,12H,6,11H2,1-5H3,(H,24,25)/t12-/m1/s1. The van der Waals surface area contributed by atoms with Crippen molar-refractivity contribution in [2.45, 2.75) is 52.0 Å². The van der Waals surface area contributed by atoms with E-state index in [0.29, 0.717) is 11.7 Å². The topological polar surface area (TPSA) is 54.9 Å². The summed E-state index contributed by atoms with van der Waals surface area (Å²) < 4.78 is 0. The van der Waals surface area contributed by atoms with Crippen molar-refractivity contribution in [1.29, 1.82) is 0 Å². The van der Waals surface area contributed by atoms with Gasteiger partial charge >= 0.3 is 0 Å². The lowest BCUT2D eigenvalue weighted by atomic mass is 9.99. The predicted molar refractivity (Wildman–Crippen MR) is 116 cm³/mol. The minimum Gasteiger partial charge on any atom is -0.325 e. The first-order chi connectivity index (χ1) is 12.9. The van der Waals surface area contributed by atoms with Crippen LogP contribution in [0.4, 0.5) is 5.69 Å². The molecule has 142 valence electrons. The van der Waals surface area contributed by atoms with Crippen LogP contribution in [0.2, 0.25) is 0 Å². The second-order valence-electron chi connectivity index (χ2n) is 6.81. The number of carbonyl (C=O) groups is 1. The van der Waals surface area contributed by atoms with Crippen LogP contribution in [0.3, 0.4) is 0 Å². The molecule has 27 heavy (non-hydrogen) atoms. The van der Waals surface area contributed by atoms with Gasteiger partial charge in [-0.1, -0.05) is 37.7 Å². The summed E-state index contributed by atoms with van der Waals surface area (Å²) >= 11 is 3.16. The predicted octanol–water partition coefficient (Wildman–Crippen LogP) is 5.86. The van der Waals surface area contributed by atoms with E-state index in [9.17, 15) is 4.79 Å². The van der Waals surface area contributed by atoms with Gasteiger partial charge in [0.2, 0.25) is 5.91 Å². The number of nitrogens with one attached hydrogen (secondary N) is 1. The minimum absolute atomic E-state index is 0.0229. The van der Waals surface area contributed by atoms with Crippen LogP contribution in [0.25, 0.3) is 10.2 Å². The van der Waals surface area contributed by atoms with E-state index in [1.165, 1.54) is 27.8 Å². The molecular weight excluding hydrogens is 374 g/mol. The molecule has 0 spiro atoms. The molecule has 1 amide bonds. The molecule has 4 nitrogen and oxygen atoms in total. The number of fused-ring (bicyclic) bond motifs is 1. The molecule has 0 saturated carbocycles. The fourth-order valence-electron chi connectivity index (χ4n) is 2.88. The largest absolute Gasteiger partial charge is 0.325 e. The van der Waals surface area contributed by atoms with E-state index < -0.39 is 0 Å². The van der Waals surface area contributed by atoms with E-state index in [1.807, 2.05) is 19.1 Å². The first-order valence-electron chi connectivity index (χ1n) is 9.16. The average molecular weight is 400 g/mol. The van der Waals surface area contributed by atoms with E-state index in [2.05, 4.69) is 55.1 Å². The molecule has 6 heteroatoms. The molecule has 2 heterocycles. The van der Waals surface area contributed by atoms with Crippen LogP contribution in [-0.4, -0.2) is 21.6 Å². The fraction of sp³-hybridized carbons (Fsp3) is 0.381. The van der Waals surface area contributed by atoms with Gasteiger partial charge < -0.3 is 5.32 Å². The van der Waals surface area contributed by atoms with Crippen molar-refractivity contribution in [3.63, 3.8) is 0 Å². The summed E-state index contributed by atoms with van der Waals surface area (Å²) in [7, 11) is 0. The van der Waals surface area contributed by atoms with Crippen molar-refractivity contribution in [2.75, 3.05) is 11.1 Å². The molecule has 1 atom stereocenters. The van der Waals surface area contributed by atoms with E-state index in [0.717, 1.165) is 33.2 Å². The Labute approximate surface area is 168 Å². The monoisotopic (exact) mass is 399 g/mol. The average Bonchev–Trinajstić information content (AvgIpc) is 2.93. The van der Waals surface area contributed by atoms with Crippen molar-refractivity contribution in [1.82, 2.24) is 9.97 Å². The van der Waals surface area contributed by atoms with Crippen LogP contribution in [-0.2, 0) is 4.79 Å². The second kappa shape index (κ2) is 8.40. The van der Waals surface area contributed by atoms with Gasteiger partial charge in [-0.15, -0.1) is 11.3 Å². The molecule has 2 aromatic heterocycles. The lowest BCUT2D eigenvalue weighted by Gasteiger charge is -2.10. The first kappa shape index (κ1) is 19.8. The number of rotatable bonds is 6. The van der Waals surface area contributed by atoms with Crippen LogP contribution < -0.4 is 5.32 Å². The van der Waals surface area contributed by atoms with Gasteiger partial charge in [0.25, 0.3) is 0 Å². The van der Waals surface area contributed by atoms with Crippen molar-refractivity contribution in [2.24, 2.45) is 0 Å². The molecule has 3 rings (SSSR count). The Hall–Kier alpha value is -1.92. The van der Waals surface area contributed by atoms with Crippen LogP contribution in [0, 0.1) is 20.8 Å². The van der Waals surface area contributed by atoms with Gasteiger partial charge in [-0.25, -0.2) is 9.97 Å². The maximum absolute atomic E-state index is 12.4. The van der Waals surface area contributed by atoms with Gasteiger partial charge in [-0.3, -0.25) is 4.79 Å². The molecule has 0 fully saturated rings. The zero-order chi connectivity index (χ0) is 19.6. The van der Waals surface area contributed by atoms with Crippen LogP contribution >= 0.6 is 23.1 Å². The molecule has 1 N–H and O–H groups in total. The number of hydrogen-bond donors (Lipinski definition) is 1. The quantitative estimate of drug-likeness (QED) is 0.416. The Kier molecular flexibility index (Phi) is 6.17. The number of carbonyl (C=O) groups excluding carboxylic acids is 1. The Morgan fingerprint density at radius 3 is 2.56 bits per heavy atom. The third kappa shape index (κ3) is 4.50. The van der Waals surface area contributed by atoms with E-state index in [-0.39, 0.29) is 5.91 Å². The first-order valence-corrected chi connectivity index (χ1v) is 11.0. The molecule has 0 aliphatic carbocycles. The molecule has 0 aliphatic heterocycles. The maximum atomic E-state index is 12.4. The molecular formula is C21H25N3OS2. The number of aromatic nitrogens is 2. The van der Waals surface area contributed by atoms with Gasteiger partial charge in [0, 0.05) is 16.0 Å². The number of nitrogens with zero attached hydrogens (tertiary/aromatic N) is 2. The molecule has 0 radical (unpaired) electrons. The third-order valence-corrected chi connectivity index (χ3v) is 6.90. The molecule has 0 unspecified atom stereocenters. The van der Waals surface area contributed by atoms with Crippen molar-refractivity contribution in [3.8, 4) is 0 Å². The third-order valence-electron chi connectivity index (χ3n) is 4.82. The lowest BCUT2D eigenvalue weighted by Crippen LogP contribution is -2.14. The summed E-state index contributed by atoms with van der Waals surface area (Å²) in [4.78, 5) is 23.8. The smallest absolute Gasteiger partial charge is 0.234 e. The summed E-state index contributed by atoms with van der Waals surface area (Å²) in [5.41, 5.74) is 3.34. The van der Waals surface area contributed by atoms with E-state index >= 15 is 0 Å². The van der Waals surface area contributed by atoms with Crippen molar-refractivity contribution in [3.05, 3.63) is 46.1 Å². The molecule has 0 saturated heterocycles. The van der Waals surface area contributed by atoms with Gasteiger partial charge in [0.05, 0.1) is 5.75 Å². The lowest BCUT2D eigenvalue weighted by molar-refractivity contribution is -0.113. The number of amides is 1. The van der Waals surface area contributed by atoms with Crippen molar-refractivity contribution < 1.29 is 4.79 Å². The molecule has 0 bridgehead atoms. The normalized spacial score (nSPS) is 12.3. The van der Waals surface area contributed by atoms with Gasteiger partial charge in [0.15, 0.2) is 0 Å². The molecule has 3 aromatic rings. The van der Waals surface area contributed by atoms with Gasteiger partial charge in [-0.05, 0) is 56.4 Å². The summed E-state index contributed by atoms with van der Waals surface area (Å²) in [6.07, 6.45) is 1.11. The fourth-order valence-corrected chi connectivity index (χ4v) is 4.95. The Morgan fingerprint density at radius 2 is 1.89 bits per heavy atom. The second-order valence-corrected chi connectivity index (χ2v) is 8.97. The summed E-state index contributed by atoms with van der Waals surface area (Å²) in [5, 5.41) is 4.95. The van der Waals surface area contributed by atoms with E-state index in [4.69, 9.17) is 0 Å². The molecule has 1 aromatic carbocycles. The summed E-state index contributed by atoms with van der Waals surface area (Å²) in [5.74, 6) is 1.58. The number of anilines is 1. The highest BCUT2D eigenvalue weighted by Crippen LogP contribution is 2.35. The summed E-state index contributed by atoms with van der Waals surface area (Å²) in [6, 6.07) is 8.13. The molecule has 0 aliphatic rings. The minimum atomic E-state index is -0.0229. The highest BCUT2D eigenvalue weighted by Gasteiger charge is 2.15. The number of hydrogen-bond acceptors (Lipinski definition) is 5. The van der Waals surface area contributed by atoms with Crippen LogP contribution in [0.1, 0.15) is 48.0 Å². The number of thiophene rings is 1. The Balaban J connectivity index is 1.68. The highest BCUT2D eigenvalue weighted by atomic mass is 32.2. The zero-order valence-corrected chi connectivity index (χ0v) is 18.1. The number of thioether (sulfide) groups is 1. The van der Waals surface area contributed by atoms with Crippen LogP contribution in [0.5, 0.6) is 0 Å².